The second-order valence-electron chi connectivity index (χ2n) is 8.34. The maximum atomic E-state index is 12.7. The fraction of sp³-hybridized carbons (Fsp3) is 0.400. The van der Waals surface area contributed by atoms with E-state index in [9.17, 15) is 14.4 Å². The highest BCUT2D eigenvalue weighted by Crippen LogP contribution is 2.29. The molecule has 2 aromatic carbocycles. The summed E-state index contributed by atoms with van der Waals surface area (Å²) in [5.74, 6) is 0.406. The van der Waals surface area contributed by atoms with Gasteiger partial charge in [0.15, 0.2) is 0 Å². The third-order valence-electron chi connectivity index (χ3n) is 6.25. The minimum Gasteiger partial charge on any atom is -0.497 e. The van der Waals surface area contributed by atoms with Crippen LogP contribution in [0.2, 0.25) is 0 Å². The summed E-state index contributed by atoms with van der Waals surface area (Å²) >= 11 is 0. The molecule has 32 heavy (non-hydrogen) atoms. The average molecular weight is 436 g/mol. The number of nitrogens with zero attached hydrogens (tertiary/aromatic N) is 1. The maximum absolute atomic E-state index is 12.7. The Balaban J connectivity index is 1.26. The van der Waals surface area contributed by atoms with E-state index in [2.05, 4.69) is 22.8 Å². The van der Waals surface area contributed by atoms with E-state index < -0.39 is 12.1 Å². The molecular formula is C25H29N3O4. The quantitative estimate of drug-likeness (QED) is 0.624. The molecule has 0 aromatic heterocycles. The number of amides is 4. The number of fused-ring (bicyclic) bond motifs is 1. The van der Waals surface area contributed by atoms with Crippen molar-refractivity contribution >= 4 is 17.8 Å². The van der Waals surface area contributed by atoms with Gasteiger partial charge >= 0.3 is 6.03 Å². The van der Waals surface area contributed by atoms with E-state index in [4.69, 9.17) is 4.74 Å². The van der Waals surface area contributed by atoms with Crippen molar-refractivity contribution in [2.75, 3.05) is 13.7 Å². The van der Waals surface area contributed by atoms with Gasteiger partial charge in [-0.2, -0.15) is 0 Å². The summed E-state index contributed by atoms with van der Waals surface area (Å²) in [4.78, 5) is 38.8. The Labute approximate surface area is 188 Å². The van der Waals surface area contributed by atoms with Crippen molar-refractivity contribution in [1.82, 2.24) is 15.5 Å². The molecule has 0 spiro atoms. The molecule has 2 aliphatic rings. The fourth-order valence-electron chi connectivity index (χ4n) is 4.46. The number of ether oxygens (including phenoxy) is 1. The number of hydrogen-bond acceptors (Lipinski definition) is 4. The number of aryl methyl sites for hydroxylation is 1. The van der Waals surface area contributed by atoms with E-state index in [1.165, 1.54) is 16.0 Å². The Morgan fingerprint density at radius 1 is 1.16 bits per heavy atom. The number of urea groups is 1. The zero-order chi connectivity index (χ0) is 22.5. The first-order valence-electron chi connectivity index (χ1n) is 11.2. The Hall–Kier alpha value is -3.35. The summed E-state index contributed by atoms with van der Waals surface area (Å²) in [7, 11) is 1.61. The van der Waals surface area contributed by atoms with Crippen LogP contribution in [0.5, 0.6) is 5.75 Å². The summed E-state index contributed by atoms with van der Waals surface area (Å²) < 4.78 is 5.15. The summed E-state index contributed by atoms with van der Waals surface area (Å²) in [6.07, 6.45) is 4.06. The lowest BCUT2D eigenvalue weighted by Crippen LogP contribution is -2.35. The molecule has 2 N–H and O–H groups in total. The van der Waals surface area contributed by atoms with Crippen LogP contribution in [0.15, 0.2) is 48.5 Å². The molecule has 2 aromatic rings. The van der Waals surface area contributed by atoms with E-state index in [1.807, 2.05) is 36.4 Å². The van der Waals surface area contributed by atoms with Crippen LogP contribution in [0.3, 0.4) is 0 Å². The zero-order valence-electron chi connectivity index (χ0n) is 18.3. The van der Waals surface area contributed by atoms with Crippen LogP contribution in [0, 0.1) is 0 Å². The second-order valence-corrected chi connectivity index (χ2v) is 8.34. The van der Waals surface area contributed by atoms with Crippen LogP contribution < -0.4 is 15.4 Å². The van der Waals surface area contributed by atoms with Crippen LogP contribution in [-0.2, 0) is 22.4 Å². The van der Waals surface area contributed by atoms with Gasteiger partial charge in [0.1, 0.15) is 11.8 Å². The lowest BCUT2D eigenvalue weighted by Gasteiger charge is -2.26. The monoisotopic (exact) mass is 435 g/mol. The predicted octanol–water partition coefficient (Wildman–Crippen LogP) is 3.13. The van der Waals surface area contributed by atoms with Crippen LogP contribution in [0.1, 0.15) is 48.4 Å². The summed E-state index contributed by atoms with van der Waals surface area (Å²) in [5.41, 5.74) is 3.49. The Kier molecular flexibility index (Phi) is 6.73. The van der Waals surface area contributed by atoms with Crippen molar-refractivity contribution in [2.45, 2.75) is 50.6 Å². The smallest absolute Gasteiger partial charge is 0.324 e. The van der Waals surface area contributed by atoms with Crippen molar-refractivity contribution in [1.29, 1.82) is 0 Å². The van der Waals surface area contributed by atoms with Gasteiger partial charge < -0.3 is 15.4 Å². The Bertz CT molecular complexity index is 989. The van der Waals surface area contributed by atoms with Gasteiger partial charge in [-0.25, -0.2) is 4.79 Å². The minimum atomic E-state index is -0.650. The second kappa shape index (κ2) is 9.85. The highest BCUT2D eigenvalue weighted by molar-refractivity contribution is 6.04. The number of carbonyl (C=O) groups is 3. The average Bonchev–Trinajstić information content (AvgIpc) is 3.09. The molecule has 0 saturated carbocycles. The number of benzene rings is 2. The van der Waals surface area contributed by atoms with Crippen molar-refractivity contribution in [3.8, 4) is 5.75 Å². The molecule has 1 unspecified atom stereocenters. The van der Waals surface area contributed by atoms with Crippen molar-refractivity contribution in [3.05, 3.63) is 65.2 Å². The highest BCUT2D eigenvalue weighted by Gasteiger charge is 2.37. The van der Waals surface area contributed by atoms with E-state index in [0.717, 1.165) is 30.6 Å². The van der Waals surface area contributed by atoms with Gasteiger partial charge in [0.2, 0.25) is 5.91 Å². The van der Waals surface area contributed by atoms with Crippen molar-refractivity contribution in [3.63, 3.8) is 0 Å². The molecule has 1 saturated heterocycles. The standard InChI is InChI=1S/C25H29N3O4/c1-32-19-11-9-17(10-12-19)15-16-28-24(30)22(27-25(28)31)13-14-23(29)26-21-8-4-6-18-5-2-3-7-20(18)21/h2-3,5,7,9-12,21-22H,4,6,8,13-16H2,1H3,(H,26,29)(H,27,31)/t21?,22-/m0/s1. The Morgan fingerprint density at radius 3 is 2.72 bits per heavy atom. The summed E-state index contributed by atoms with van der Waals surface area (Å²) in [6, 6.07) is 14.7. The lowest BCUT2D eigenvalue weighted by molar-refractivity contribution is -0.127. The third kappa shape index (κ3) is 4.93. The molecule has 1 fully saturated rings. The van der Waals surface area contributed by atoms with Crippen molar-refractivity contribution in [2.24, 2.45) is 0 Å². The first-order valence-corrected chi connectivity index (χ1v) is 11.2. The van der Waals surface area contributed by atoms with Crippen LogP contribution >= 0.6 is 0 Å². The third-order valence-corrected chi connectivity index (χ3v) is 6.25. The zero-order valence-corrected chi connectivity index (χ0v) is 18.3. The number of carbonyl (C=O) groups excluding carboxylic acids is 3. The van der Waals surface area contributed by atoms with Crippen LogP contribution in [0.25, 0.3) is 0 Å². The van der Waals surface area contributed by atoms with E-state index in [0.29, 0.717) is 19.4 Å². The molecule has 0 radical (unpaired) electrons. The fourth-order valence-corrected chi connectivity index (χ4v) is 4.46. The first-order chi connectivity index (χ1) is 15.5. The van der Waals surface area contributed by atoms with Gasteiger partial charge in [0, 0.05) is 13.0 Å². The molecule has 0 bridgehead atoms. The van der Waals surface area contributed by atoms with Gasteiger partial charge in [-0.3, -0.25) is 14.5 Å². The molecule has 7 heteroatoms. The molecule has 1 aliphatic carbocycles. The van der Waals surface area contributed by atoms with Gasteiger partial charge in [-0.1, -0.05) is 36.4 Å². The Morgan fingerprint density at radius 2 is 1.94 bits per heavy atom. The van der Waals surface area contributed by atoms with E-state index in [1.54, 1.807) is 7.11 Å². The molecule has 2 atom stereocenters. The number of rotatable bonds is 8. The number of hydrogen-bond donors (Lipinski definition) is 2. The lowest BCUT2D eigenvalue weighted by atomic mass is 9.87. The van der Waals surface area contributed by atoms with E-state index in [-0.39, 0.29) is 24.3 Å². The van der Waals surface area contributed by atoms with Gasteiger partial charge in [0.25, 0.3) is 5.91 Å². The van der Waals surface area contributed by atoms with Crippen LogP contribution in [-0.4, -0.2) is 42.4 Å². The minimum absolute atomic E-state index is 0.0160. The predicted molar refractivity (Wildman–Crippen MR) is 120 cm³/mol. The first kappa shape index (κ1) is 21.9. The van der Waals surface area contributed by atoms with E-state index >= 15 is 0 Å². The largest absolute Gasteiger partial charge is 0.497 e. The number of imide groups is 1. The van der Waals surface area contributed by atoms with Crippen molar-refractivity contribution < 1.29 is 19.1 Å². The normalized spacial score (nSPS) is 20.0. The topological polar surface area (TPSA) is 87.7 Å². The van der Waals surface area contributed by atoms with Gasteiger partial charge in [0.05, 0.1) is 13.2 Å². The molecule has 4 rings (SSSR count). The molecule has 7 nitrogen and oxygen atoms in total. The van der Waals surface area contributed by atoms with Gasteiger partial charge in [-0.05, 0) is 60.9 Å². The molecular weight excluding hydrogens is 406 g/mol. The molecule has 1 aliphatic heterocycles. The number of methoxy groups -OCH3 is 1. The van der Waals surface area contributed by atoms with Crippen LogP contribution in [0.4, 0.5) is 4.79 Å². The summed E-state index contributed by atoms with van der Waals surface area (Å²) in [5, 5.41) is 5.83. The molecule has 1 heterocycles. The molecule has 4 amide bonds. The molecule has 168 valence electrons. The summed E-state index contributed by atoms with van der Waals surface area (Å²) in [6.45, 7) is 0.304. The SMILES string of the molecule is COc1ccc(CCN2C(=O)N[C@@H](CCC(=O)NC3CCCc4ccccc43)C2=O)cc1. The number of nitrogens with one attached hydrogen (secondary N) is 2. The maximum Gasteiger partial charge on any atom is 0.324 e. The highest BCUT2D eigenvalue weighted by atomic mass is 16.5. The van der Waals surface area contributed by atoms with Gasteiger partial charge in [-0.15, -0.1) is 0 Å².